The summed E-state index contributed by atoms with van der Waals surface area (Å²) in [6.07, 6.45) is 16.4. The van der Waals surface area contributed by atoms with E-state index in [4.69, 9.17) is 33.0 Å². The summed E-state index contributed by atoms with van der Waals surface area (Å²) in [6.45, 7) is 2.82. The van der Waals surface area contributed by atoms with E-state index in [1.54, 1.807) is 0 Å². The Labute approximate surface area is 201 Å². The Morgan fingerprint density at radius 1 is 0.750 bits per heavy atom. The number of hydrogen-bond donors (Lipinski definition) is 2. The molecule has 0 unspecified atom stereocenters. The molecule has 2 N–H and O–H groups in total. The molecular formula is C22H37Cl2N4O3P. The molecule has 2 aromatic heterocycles. The predicted octanol–water partition coefficient (Wildman–Crippen LogP) is 7.08. The molecule has 2 heterocycles. The van der Waals surface area contributed by atoms with Crippen molar-refractivity contribution in [3.63, 3.8) is 0 Å². The fraction of sp³-hybridized carbons (Fsp3) is 0.773. The highest BCUT2D eigenvalue weighted by Crippen LogP contribution is 2.35. The van der Waals surface area contributed by atoms with Gasteiger partial charge in [0.25, 0.3) is 0 Å². The molecule has 0 aliphatic carbocycles. The number of hydrogen-bond acceptors (Lipinski definition) is 4. The highest BCUT2D eigenvalue weighted by Gasteiger charge is 2.14. The van der Waals surface area contributed by atoms with Crippen LogP contribution < -0.4 is 0 Å². The summed E-state index contributed by atoms with van der Waals surface area (Å²) < 4.78 is 12.9. The topological polar surface area (TPSA) is 101 Å². The van der Waals surface area contributed by atoms with Gasteiger partial charge in [0.05, 0.1) is 0 Å². The molecule has 0 saturated heterocycles. The molecule has 0 aliphatic rings. The van der Waals surface area contributed by atoms with Gasteiger partial charge in [-0.2, -0.15) is 4.98 Å². The zero-order chi connectivity index (χ0) is 23.4. The smallest absolute Gasteiger partial charge is 0.324 e. The van der Waals surface area contributed by atoms with Crippen molar-refractivity contribution in [1.29, 1.82) is 0 Å². The zero-order valence-corrected chi connectivity index (χ0v) is 21.5. The molecule has 0 saturated carbocycles. The van der Waals surface area contributed by atoms with Crippen LogP contribution in [0.4, 0.5) is 0 Å². The Bertz CT molecular complexity index is 872. The number of nitrogens with zero attached hydrogens (tertiary/aromatic N) is 4. The largest absolute Gasteiger partial charge is 0.325 e. The molecule has 182 valence electrons. The maximum absolute atomic E-state index is 10.8. The third kappa shape index (κ3) is 10.5. The first-order chi connectivity index (χ1) is 15.3. The number of imidazole rings is 1. The van der Waals surface area contributed by atoms with Crippen LogP contribution in [0.3, 0.4) is 0 Å². The first-order valence-electron chi connectivity index (χ1n) is 11.9. The molecular weight excluding hydrogens is 470 g/mol. The van der Waals surface area contributed by atoms with Crippen LogP contribution in [0.1, 0.15) is 95.7 Å². The monoisotopic (exact) mass is 506 g/mol. The van der Waals surface area contributed by atoms with Crippen LogP contribution in [0.15, 0.2) is 0 Å². The third-order valence-electron chi connectivity index (χ3n) is 5.81. The van der Waals surface area contributed by atoms with Crippen molar-refractivity contribution < 1.29 is 14.4 Å². The van der Waals surface area contributed by atoms with Gasteiger partial charge >= 0.3 is 7.60 Å². The van der Waals surface area contributed by atoms with Crippen molar-refractivity contribution in [3.05, 3.63) is 16.3 Å². The van der Waals surface area contributed by atoms with Gasteiger partial charge in [-0.05, 0) is 31.4 Å². The lowest BCUT2D eigenvalue weighted by Gasteiger charge is -2.07. The summed E-state index contributed by atoms with van der Waals surface area (Å²) >= 11 is 12.1. The molecule has 32 heavy (non-hydrogen) atoms. The minimum atomic E-state index is -3.80. The van der Waals surface area contributed by atoms with Crippen molar-refractivity contribution in [2.45, 2.75) is 103 Å². The van der Waals surface area contributed by atoms with E-state index in [-0.39, 0.29) is 11.4 Å². The average molecular weight is 507 g/mol. The molecule has 0 radical (unpaired) electrons. The lowest BCUT2D eigenvalue weighted by Crippen LogP contribution is -2.01. The van der Waals surface area contributed by atoms with E-state index in [2.05, 4.69) is 19.5 Å². The van der Waals surface area contributed by atoms with E-state index in [1.807, 2.05) is 6.92 Å². The summed E-state index contributed by atoms with van der Waals surface area (Å²) in [7, 11) is -3.80. The van der Waals surface area contributed by atoms with Gasteiger partial charge in [0, 0.05) is 12.7 Å². The van der Waals surface area contributed by atoms with Gasteiger partial charge in [-0.1, -0.05) is 88.7 Å². The van der Waals surface area contributed by atoms with E-state index < -0.39 is 7.60 Å². The first-order valence-corrected chi connectivity index (χ1v) is 14.4. The summed E-state index contributed by atoms with van der Waals surface area (Å²) in [5.41, 5.74) is 1.34. The SMILES string of the molecule is Cc1nc2nc(Cl)nc(Cl)c2n1CCCCCCCCCCCCCCCCP(=O)(O)O. The molecule has 0 aliphatic heterocycles. The minimum absolute atomic E-state index is 0.0335. The quantitative estimate of drug-likeness (QED) is 0.103. The van der Waals surface area contributed by atoms with Crippen molar-refractivity contribution in [3.8, 4) is 0 Å². The summed E-state index contributed by atoms with van der Waals surface area (Å²) in [4.78, 5) is 30.3. The lowest BCUT2D eigenvalue weighted by molar-refractivity contribution is 0.370. The van der Waals surface area contributed by atoms with Crippen molar-refractivity contribution in [2.75, 3.05) is 6.16 Å². The molecule has 10 heteroatoms. The number of fused-ring (bicyclic) bond motifs is 1. The second kappa shape index (κ2) is 14.5. The first kappa shape index (κ1) is 27.5. The van der Waals surface area contributed by atoms with Gasteiger partial charge in [-0.15, -0.1) is 0 Å². The molecule has 7 nitrogen and oxygen atoms in total. The average Bonchev–Trinajstić information content (AvgIpc) is 3.02. The van der Waals surface area contributed by atoms with Gasteiger partial charge < -0.3 is 14.4 Å². The van der Waals surface area contributed by atoms with Crippen molar-refractivity contribution in [2.24, 2.45) is 0 Å². The van der Waals surface area contributed by atoms with Crippen LogP contribution in [0, 0.1) is 6.92 Å². The number of aromatic nitrogens is 4. The Morgan fingerprint density at radius 3 is 1.72 bits per heavy atom. The normalized spacial score (nSPS) is 12.2. The second-order valence-corrected chi connectivity index (χ2v) is 11.1. The summed E-state index contributed by atoms with van der Waals surface area (Å²) in [6, 6.07) is 0. The number of halogens is 2. The molecule has 0 spiro atoms. The fourth-order valence-electron chi connectivity index (χ4n) is 4.06. The van der Waals surface area contributed by atoms with Crippen LogP contribution in [0.5, 0.6) is 0 Å². The highest BCUT2D eigenvalue weighted by molar-refractivity contribution is 7.51. The molecule has 0 bridgehead atoms. The van der Waals surface area contributed by atoms with Gasteiger partial charge in [0.2, 0.25) is 5.28 Å². The summed E-state index contributed by atoms with van der Waals surface area (Å²) in [5, 5.41) is 0.490. The maximum atomic E-state index is 10.8. The molecule has 0 aromatic carbocycles. The van der Waals surface area contributed by atoms with Crippen LogP contribution in [0.25, 0.3) is 11.2 Å². The molecule has 0 fully saturated rings. The van der Waals surface area contributed by atoms with Crippen LogP contribution in [-0.2, 0) is 11.1 Å². The molecule has 0 atom stereocenters. The van der Waals surface area contributed by atoms with Crippen LogP contribution in [-0.4, -0.2) is 35.5 Å². The van der Waals surface area contributed by atoms with E-state index >= 15 is 0 Å². The van der Waals surface area contributed by atoms with E-state index in [0.29, 0.717) is 17.2 Å². The van der Waals surface area contributed by atoms with E-state index in [1.165, 1.54) is 64.2 Å². The molecule has 2 aromatic rings. The minimum Gasteiger partial charge on any atom is -0.324 e. The fourth-order valence-corrected chi connectivity index (χ4v) is 5.17. The van der Waals surface area contributed by atoms with Crippen LogP contribution >= 0.6 is 30.8 Å². The van der Waals surface area contributed by atoms with E-state index in [0.717, 1.165) is 37.1 Å². The molecule has 2 rings (SSSR count). The van der Waals surface area contributed by atoms with Gasteiger partial charge in [-0.3, -0.25) is 4.57 Å². The predicted molar refractivity (Wildman–Crippen MR) is 132 cm³/mol. The van der Waals surface area contributed by atoms with E-state index in [9.17, 15) is 4.57 Å². The maximum Gasteiger partial charge on any atom is 0.325 e. The summed E-state index contributed by atoms with van der Waals surface area (Å²) in [5.74, 6) is 0.889. The van der Waals surface area contributed by atoms with Crippen molar-refractivity contribution >= 4 is 42.0 Å². The number of unbranched alkanes of at least 4 members (excludes halogenated alkanes) is 13. The Kier molecular flexibility index (Phi) is 12.5. The third-order valence-corrected chi connectivity index (χ3v) is 7.14. The Morgan fingerprint density at radius 2 is 1.22 bits per heavy atom. The van der Waals surface area contributed by atoms with Gasteiger partial charge in [0.15, 0.2) is 10.8 Å². The zero-order valence-electron chi connectivity index (χ0n) is 19.1. The van der Waals surface area contributed by atoms with Gasteiger partial charge in [-0.25, -0.2) is 9.97 Å². The Hall–Kier alpha value is -0.720. The lowest BCUT2D eigenvalue weighted by atomic mass is 10.0. The van der Waals surface area contributed by atoms with Gasteiger partial charge in [0.1, 0.15) is 11.3 Å². The Balaban J connectivity index is 1.43. The molecule has 0 amide bonds. The van der Waals surface area contributed by atoms with Crippen LogP contribution in [0.2, 0.25) is 10.4 Å². The number of rotatable bonds is 17. The number of aryl methyl sites for hydroxylation is 2. The van der Waals surface area contributed by atoms with Crippen molar-refractivity contribution in [1.82, 2.24) is 19.5 Å². The standard InChI is InChI=1S/C22H37Cl2N4O3P/c1-18-25-21-19(20(23)26-22(24)27-21)28(18)16-14-12-10-8-6-4-2-3-5-7-9-11-13-15-17-32(29,30)31/h2-17H2,1H3,(H2,29,30,31). The highest BCUT2D eigenvalue weighted by atomic mass is 35.5. The second-order valence-electron chi connectivity index (χ2n) is 8.60.